The van der Waals surface area contributed by atoms with E-state index in [0.717, 1.165) is 23.2 Å². The lowest BCUT2D eigenvalue weighted by Gasteiger charge is -2.14. The van der Waals surface area contributed by atoms with Crippen LogP contribution in [0.5, 0.6) is 17.4 Å². The van der Waals surface area contributed by atoms with Gasteiger partial charge in [-0.3, -0.25) is 0 Å². The number of hydrogen-bond donors (Lipinski definition) is 1. The monoisotopic (exact) mass is 287 g/mol. The van der Waals surface area contributed by atoms with Gasteiger partial charge in [0.25, 0.3) is 0 Å². The van der Waals surface area contributed by atoms with E-state index in [4.69, 9.17) is 15.2 Å². The molecule has 0 bridgehead atoms. The van der Waals surface area contributed by atoms with Gasteiger partial charge < -0.3 is 15.2 Å². The Kier molecular flexibility index (Phi) is 4.75. The molecule has 2 aromatic rings. The van der Waals surface area contributed by atoms with Gasteiger partial charge >= 0.3 is 0 Å². The highest BCUT2D eigenvalue weighted by Crippen LogP contribution is 2.33. The summed E-state index contributed by atoms with van der Waals surface area (Å²) >= 11 is 0. The maximum absolute atomic E-state index is 5.88. The summed E-state index contributed by atoms with van der Waals surface area (Å²) in [6, 6.07) is 5.86. The van der Waals surface area contributed by atoms with E-state index in [1.54, 1.807) is 7.11 Å². The van der Waals surface area contributed by atoms with Crippen molar-refractivity contribution < 1.29 is 9.47 Å². The molecule has 112 valence electrons. The van der Waals surface area contributed by atoms with Crippen molar-refractivity contribution in [2.75, 3.05) is 7.11 Å². The van der Waals surface area contributed by atoms with Crippen LogP contribution < -0.4 is 15.2 Å². The van der Waals surface area contributed by atoms with Gasteiger partial charge in [0.1, 0.15) is 0 Å². The molecule has 0 amide bonds. The van der Waals surface area contributed by atoms with E-state index in [2.05, 4.69) is 17.1 Å². The smallest absolute Gasteiger partial charge is 0.243 e. The van der Waals surface area contributed by atoms with Crippen LogP contribution in [0, 0.1) is 13.8 Å². The van der Waals surface area contributed by atoms with Crippen molar-refractivity contribution in [2.24, 2.45) is 5.73 Å². The van der Waals surface area contributed by atoms with E-state index >= 15 is 0 Å². The fourth-order valence-electron chi connectivity index (χ4n) is 2.08. The number of aryl methyl sites for hydroxylation is 2. The highest BCUT2D eigenvalue weighted by Gasteiger charge is 2.14. The number of benzene rings is 1. The lowest BCUT2D eigenvalue weighted by molar-refractivity contribution is 0.369. The Morgan fingerprint density at radius 3 is 2.52 bits per heavy atom. The summed E-state index contributed by atoms with van der Waals surface area (Å²) in [7, 11) is 1.62. The first kappa shape index (κ1) is 15.3. The van der Waals surface area contributed by atoms with E-state index in [-0.39, 0.29) is 0 Å². The van der Waals surface area contributed by atoms with Crippen LogP contribution in [0.25, 0.3) is 0 Å². The maximum Gasteiger partial charge on any atom is 0.243 e. The van der Waals surface area contributed by atoms with Crippen LogP contribution in [0.15, 0.2) is 18.2 Å². The standard InChI is InChI=1S/C16H21N3O2/c1-5-12-6-7-14(15(8-12)20-4)21-16-13(9-17)10(2)11(3)18-19-16/h6-8H,5,9,17H2,1-4H3. The molecular weight excluding hydrogens is 266 g/mol. The molecule has 5 nitrogen and oxygen atoms in total. The average molecular weight is 287 g/mol. The molecule has 0 fully saturated rings. The molecule has 1 aromatic carbocycles. The largest absolute Gasteiger partial charge is 0.493 e. The van der Waals surface area contributed by atoms with Gasteiger partial charge in [-0.25, -0.2) is 0 Å². The molecule has 0 radical (unpaired) electrons. The molecule has 0 spiro atoms. The second-order valence-corrected chi connectivity index (χ2v) is 4.84. The number of methoxy groups -OCH3 is 1. The fourth-order valence-corrected chi connectivity index (χ4v) is 2.08. The summed E-state index contributed by atoms with van der Waals surface area (Å²) in [4.78, 5) is 0. The van der Waals surface area contributed by atoms with Crippen LogP contribution in [-0.2, 0) is 13.0 Å². The predicted octanol–water partition coefficient (Wildman–Crippen LogP) is 2.92. The van der Waals surface area contributed by atoms with Crippen molar-refractivity contribution in [2.45, 2.75) is 33.7 Å². The number of nitrogens with two attached hydrogens (primary N) is 1. The minimum Gasteiger partial charge on any atom is -0.493 e. The molecule has 2 rings (SSSR count). The zero-order valence-electron chi connectivity index (χ0n) is 12.9. The molecule has 0 saturated heterocycles. The molecular formula is C16H21N3O2. The van der Waals surface area contributed by atoms with Crippen LogP contribution in [0.2, 0.25) is 0 Å². The minimum atomic E-state index is 0.354. The number of nitrogens with zero attached hydrogens (tertiary/aromatic N) is 2. The molecule has 1 heterocycles. The minimum absolute atomic E-state index is 0.354. The van der Waals surface area contributed by atoms with Gasteiger partial charge in [-0.05, 0) is 43.5 Å². The Hall–Kier alpha value is -2.14. The molecule has 21 heavy (non-hydrogen) atoms. The third-order valence-corrected chi connectivity index (χ3v) is 3.59. The first-order valence-electron chi connectivity index (χ1n) is 6.98. The van der Waals surface area contributed by atoms with Crippen LogP contribution in [-0.4, -0.2) is 17.3 Å². The van der Waals surface area contributed by atoms with Crippen molar-refractivity contribution >= 4 is 0 Å². The number of rotatable bonds is 5. The molecule has 0 aliphatic heterocycles. The molecule has 0 aliphatic carbocycles. The third kappa shape index (κ3) is 3.13. The van der Waals surface area contributed by atoms with E-state index in [9.17, 15) is 0 Å². The molecule has 2 N–H and O–H groups in total. The summed E-state index contributed by atoms with van der Waals surface area (Å²) in [5.41, 5.74) is 9.72. The van der Waals surface area contributed by atoms with Crippen molar-refractivity contribution in [3.63, 3.8) is 0 Å². The van der Waals surface area contributed by atoms with Crippen LogP contribution >= 0.6 is 0 Å². The van der Waals surface area contributed by atoms with Crippen LogP contribution in [0.4, 0.5) is 0 Å². The molecule has 0 saturated carbocycles. The average Bonchev–Trinajstić information content (AvgIpc) is 2.51. The summed E-state index contributed by atoms with van der Waals surface area (Å²) in [6.45, 7) is 6.32. The lowest BCUT2D eigenvalue weighted by atomic mass is 10.1. The van der Waals surface area contributed by atoms with E-state index < -0.39 is 0 Å². The summed E-state index contributed by atoms with van der Waals surface area (Å²) < 4.78 is 11.3. The Labute approximate surface area is 125 Å². The maximum atomic E-state index is 5.88. The Morgan fingerprint density at radius 1 is 1.14 bits per heavy atom. The quantitative estimate of drug-likeness (QED) is 0.915. The van der Waals surface area contributed by atoms with Crippen molar-refractivity contribution in [1.82, 2.24) is 10.2 Å². The first-order valence-corrected chi connectivity index (χ1v) is 6.98. The normalized spacial score (nSPS) is 10.5. The first-order chi connectivity index (χ1) is 10.1. The van der Waals surface area contributed by atoms with Crippen molar-refractivity contribution in [1.29, 1.82) is 0 Å². The molecule has 0 aliphatic rings. The number of hydrogen-bond acceptors (Lipinski definition) is 5. The summed E-state index contributed by atoms with van der Waals surface area (Å²) in [5.74, 6) is 1.72. The SMILES string of the molecule is CCc1ccc(Oc2nnc(C)c(C)c2CN)c(OC)c1. The van der Waals surface area contributed by atoms with E-state index in [1.807, 2.05) is 32.0 Å². The van der Waals surface area contributed by atoms with Gasteiger partial charge in [-0.2, -0.15) is 5.10 Å². The van der Waals surface area contributed by atoms with Crippen molar-refractivity contribution in [3.8, 4) is 17.4 Å². The molecule has 5 heteroatoms. The van der Waals surface area contributed by atoms with Gasteiger partial charge in [-0.15, -0.1) is 5.10 Å². The topological polar surface area (TPSA) is 70.3 Å². The fraction of sp³-hybridized carbons (Fsp3) is 0.375. The van der Waals surface area contributed by atoms with Gasteiger partial charge in [0.2, 0.25) is 5.88 Å². The van der Waals surface area contributed by atoms with Crippen LogP contribution in [0.3, 0.4) is 0 Å². The predicted molar refractivity (Wildman–Crippen MR) is 81.8 cm³/mol. The zero-order valence-corrected chi connectivity index (χ0v) is 12.9. The molecule has 0 unspecified atom stereocenters. The van der Waals surface area contributed by atoms with Gasteiger partial charge in [0.05, 0.1) is 12.8 Å². The second-order valence-electron chi connectivity index (χ2n) is 4.84. The summed E-state index contributed by atoms with van der Waals surface area (Å²) in [6.07, 6.45) is 0.939. The second kappa shape index (κ2) is 6.54. The lowest BCUT2D eigenvalue weighted by Crippen LogP contribution is -2.07. The molecule has 0 atom stereocenters. The van der Waals surface area contributed by atoms with Gasteiger partial charge in [0, 0.05) is 12.1 Å². The van der Waals surface area contributed by atoms with E-state index in [0.29, 0.717) is 23.9 Å². The number of aromatic nitrogens is 2. The van der Waals surface area contributed by atoms with E-state index in [1.165, 1.54) is 5.56 Å². The number of ether oxygens (including phenoxy) is 2. The Bertz CT molecular complexity index is 642. The highest BCUT2D eigenvalue weighted by molar-refractivity contribution is 5.46. The van der Waals surface area contributed by atoms with Gasteiger partial charge in [-0.1, -0.05) is 13.0 Å². The Morgan fingerprint density at radius 2 is 1.90 bits per heavy atom. The highest BCUT2D eigenvalue weighted by atomic mass is 16.5. The Balaban J connectivity index is 2.41. The molecule has 1 aromatic heterocycles. The van der Waals surface area contributed by atoms with Gasteiger partial charge in [0.15, 0.2) is 11.5 Å². The zero-order chi connectivity index (χ0) is 15.4. The van der Waals surface area contributed by atoms with Crippen LogP contribution in [0.1, 0.15) is 29.3 Å². The third-order valence-electron chi connectivity index (χ3n) is 3.59. The summed E-state index contributed by atoms with van der Waals surface area (Å²) in [5, 5.41) is 8.22. The van der Waals surface area contributed by atoms with Crippen molar-refractivity contribution in [3.05, 3.63) is 40.6 Å².